The predicted molar refractivity (Wildman–Crippen MR) is 123 cm³/mol. The van der Waals surface area contributed by atoms with Crippen LogP contribution >= 0.6 is 0 Å². The van der Waals surface area contributed by atoms with Crippen LogP contribution in [0.5, 0.6) is 0 Å². The monoisotopic (exact) mass is 448 g/mol. The number of nitrogens with zero attached hydrogens (tertiary/aromatic N) is 2. The second-order valence-electron chi connectivity index (χ2n) is 9.41. The van der Waals surface area contributed by atoms with Crippen molar-refractivity contribution in [3.05, 3.63) is 35.7 Å². The van der Waals surface area contributed by atoms with E-state index in [2.05, 4.69) is 15.6 Å². The minimum absolute atomic E-state index is 0.0421. The molecule has 1 aromatic rings. The summed E-state index contributed by atoms with van der Waals surface area (Å²) >= 11 is 0. The summed E-state index contributed by atoms with van der Waals surface area (Å²) in [6.07, 6.45) is 0.947. The molecule has 0 saturated heterocycles. The Hall–Kier alpha value is -3.10. The third-order valence-electron chi connectivity index (χ3n) is 4.32. The molecule has 2 amide bonds. The van der Waals surface area contributed by atoms with Gasteiger partial charge in [0.15, 0.2) is 0 Å². The van der Waals surface area contributed by atoms with Crippen LogP contribution in [0.3, 0.4) is 0 Å². The topological polar surface area (TPSA) is 92.3 Å². The van der Waals surface area contributed by atoms with E-state index in [0.29, 0.717) is 25.2 Å². The molecule has 0 radical (unpaired) electrons. The van der Waals surface area contributed by atoms with Gasteiger partial charge in [0, 0.05) is 20.1 Å². The smallest absolute Gasteiger partial charge is 0.437 e. The van der Waals surface area contributed by atoms with E-state index < -0.39 is 23.4 Å². The molecule has 0 saturated carbocycles. The lowest BCUT2D eigenvalue weighted by Crippen LogP contribution is -2.48. The molecule has 2 N–H and O–H groups in total. The quantitative estimate of drug-likeness (QED) is 0.500. The van der Waals surface area contributed by atoms with Crippen LogP contribution < -0.4 is 10.6 Å². The highest BCUT2D eigenvalue weighted by molar-refractivity contribution is 5.99. The summed E-state index contributed by atoms with van der Waals surface area (Å²) in [6, 6.07) is 5.03. The van der Waals surface area contributed by atoms with Crippen molar-refractivity contribution in [1.29, 1.82) is 0 Å². The average molecular weight is 449 g/mol. The number of carbonyl (C=O) groups is 2. The van der Waals surface area contributed by atoms with Gasteiger partial charge in [0.1, 0.15) is 17.0 Å². The summed E-state index contributed by atoms with van der Waals surface area (Å²) in [5.41, 5.74) is 0.749. The fourth-order valence-corrected chi connectivity index (χ4v) is 2.99. The van der Waals surface area contributed by atoms with Crippen molar-refractivity contribution in [2.75, 3.05) is 25.5 Å². The van der Waals surface area contributed by atoms with Crippen molar-refractivity contribution >= 4 is 29.4 Å². The number of ether oxygens (including phenoxy) is 2. The normalized spacial score (nSPS) is 15.1. The first-order chi connectivity index (χ1) is 14.8. The molecule has 0 unspecified atom stereocenters. The Morgan fingerprint density at radius 2 is 1.75 bits per heavy atom. The molecular formula is C23H33FN4O4. The lowest BCUT2D eigenvalue weighted by atomic mass is 9.99. The number of alkyl carbamates (subject to hydrolysis) is 1. The molecule has 1 aliphatic heterocycles. The number of guanidine groups is 1. The van der Waals surface area contributed by atoms with E-state index in [1.807, 2.05) is 12.1 Å². The van der Waals surface area contributed by atoms with E-state index >= 15 is 0 Å². The first-order valence-electron chi connectivity index (χ1n) is 10.5. The second kappa shape index (κ2) is 10.0. The predicted octanol–water partition coefficient (Wildman–Crippen LogP) is 4.77. The number of hydrogen-bond acceptors (Lipinski definition) is 5. The highest BCUT2D eigenvalue weighted by atomic mass is 19.1. The number of amides is 2. The Bertz CT molecular complexity index is 914. The zero-order chi connectivity index (χ0) is 24.1. The first-order valence-corrected chi connectivity index (χ1v) is 10.5. The van der Waals surface area contributed by atoms with Gasteiger partial charge in [-0.2, -0.15) is 0 Å². The van der Waals surface area contributed by atoms with Gasteiger partial charge in [-0.05, 0) is 71.2 Å². The van der Waals surface area contributed by atoms with Gasteiger partial charge in [-0.25, -0.2) is 14.0 Å². The van der Waals surface area contributed by atoms with Crippen molar-refractivity contribution in [2.45, 2.75) is 59.2 Å². The average Bonchev–Trinajstić information content (AvgIpc) is 2.64. The second-order valence-corrected chi connectivity index (χ2v) is 9.41. The van der Waals surface area contributed by atoms with Crippen LogP contribution in [-0.2, 0) is 9.47 Å². The number of halogens is 1. The summed E-state index contributed by atoms with van der Waals surface area (Å²) in [6.45, 7) is 11.2. The van der Waals surface area contributed by atoms with E-state index in [0.717, 1.165) is 11.1 Å². The van der Waals surface area contributed by atoms with E-state index in [4.69, 9.17) is 9.47 Å². The molecule has 1 heterocycles. The molecule has 1 aromatic carbocycles. The fraction of sp³-hybridized carbons (Fsp3) is 0.522. The van der Waals surface area contributed by atoms with Crippen LogP contribution in [-0.4, -0.2) is 54.4 Å². The summed E-state index contributed by atoms with van der Waals surface area (Å²) in [7, 11) is 1.67. The van der Waals surface area contributed by atoms with Crippen LogP contribution in [0, 0.1) is 5.82 Å². The number of anilines is 1. The maximum absolute atomic E-state index is 14.1. The maximum Gasteiger partial charge on any atom is 0.437 e. The Balaban J connectivity index is 2.21. The van der Waals surface area contributed by atoms with Gasteiger partial charge in [0.05, 0.1) is 5.69 Å². The number of benzene rings is 1. The first kappa shape index (κ1) is 25.2. The number of nitrogens with one attached hydrogen (secondary N) is 2. The fourth-order valence-electron chi connectivity index (χ4n) is 2.99. The lowest BCUT2D eigenvalue weighted by Gasteiger charge is -2.30. The van der Waals surface area contributed by atoms with Gasteiger partial charge in [0.25, 0.3) is 0 Å². The van der Waals surface area contributed by atoms with Crippen LogP contribution in [0.2, 0.25) is 0 Å². The van der Waals surface area contributed by atoms with Gasteiger partial charge in [-0.1, -0.05) is 12.1 Å². The van der Waals surface area contributed by atoms with Crippen molar-refractivity contribution in [3.8, 4) is 0 Å². The molecule has 8 nitrogen and oxygen atoms in total. The lowest BCUT2D eigenvalue weighted by molar-refractivity contribution is 0.0555. The van der Waals surface area contributed by atoms with Crippen LogP contribution in [0.25, 0.3) is 5.57 Å². The van der Waals surface area contributed by atoms with Crippen molar-refractivity contribution in [1.82, 2.24) is 10.2 Å². The number of rotatable bonds is 2. The van der Waals surface area contributed by atoms with Crippen molar-refractivity contribution in [2.24, 2.45) is 4.99 Å². The summed E-state index contributed by atoms with van der Waals surface area (Å²) in [5, 5.41) is 5.36. The van der Waals surface area contributed by atoms with E-state index in [-0.39, 0.29) is 11.8 Å². The maximum atomic E-state index is 14.1. The van der Waals surface area contributed by atoms with Crippen molar-refractivity contribution < 1.29 is 23.5 Å². The largest absolute Gasteiger partial charge is 0.444 e. The molecule has 0 aromatic heterocycles. The molecule has 2 rings (SSSR count). The third kappa shape index (κ3) is 7.86. The number of carbonyl (C=O) groups excluding carboxylic acids is 2. The molecule has 9 heteroatoms. The molecule has 176 valence electrons. The Kier molecular flexibility index (Phi) is 7.87. The van der Waals surface area contributed by atoms with Crippen LogP contribution in [0.1, 0.15) is 53.5 Å². The molecule has 0 atom stereocenters. The van der Waals surface area contributed by atoms with Gasteiger partial charge in [-0.3, -0.25) is 5.32 Å². The van der Waals surface area contributed by atoms with Crippen molar-refractivity contribution in [3.63, 3.8) is 0 Å². The van der Waals surface area contributed by atoms with E-state index in [1.165, 1.54) is 6.07 Å². The molecule has 0 bridgehead atoms. The minimum atomic E-state index is -0.817. The van der Waals surface area contributed by atoms with Gasteiger partial charge in [0.2, 0.25) is 5.96 Å². The third-order valence-corrected chi connectivity index (χ3v) is 4.32. The molecule has 0 fully saturated rings. The standard InChI is InChI=1S/C23H33FN4O4/c1-22(2,3)31-20(29)26-19(27-21(30)32-23(4,5)6)28-12-10-15(11-13-28)16-8-9-18(25-7)17(24)14-16/h8-10,14,25H,11-13H2,1-7H3,(H,26,27,29,30). The zero-order valence-corrected chi connectivity index (χ0v) is 19.8. The Morgan fingerprint density at radius 1 is 1.09 bits per heavy atom. The zero-order valence-electron chi connectivity index (χ0n) is 19.8. The van der Waals surface area contributed by atoms with Gasteiger partial charge in [-0.15, -0.1) is 4.99 Å². The Morgan fingerprint density at radius 3 is 2.25 bits per heavy atom. The Labute approximate surface area is 188 Å². The van der Waals surface area contributed by atoms with Crippen LogP contribution in [0.15, 0.2) is 29.3 Å². The SMILES string of the molecule is CNc1ccc(C2=CCN(/C(=N\C(=O)OC(C)(C)C)NC(=O)OC(C)(C)C)CC2)cc1F. The molecule has 1 aliphatic rings. The highest BCUT2D eigenvalue weighted by Crippen LogP contribution is 2.26. The minimum Gasteiger partial charge on any atom is -0.444 e. The van der Waals surface area contributed by atoms with Gasteiger partial charge < -0.3 is 19.7 Å². The molecule has 0 aliphatic carbocycles. The summed E-state index contributed by atoms with van der Waals surface area (Å²) in [5.74, 6) is -0.285. The molecular weight excluding hydrogens is 415 g/mol. The summed E-state index contributed by atoms with van der Waals surface area (Å²) in [4.78, 5) is 30.3. The van der Waals surface area contributed by atoms with Gasteiger partial charge >= 0.3 is 12.2 Å². The van der Waals surface area contributed by atoms with E-state index in [1.54, 1.807) is 59.6 Å². The molecule has 32 heavy (non-hydrogen) atoms. The van der Waals surface area contributed by atoms with E-state index in [9.17, 15) is 14.0 Å². The number of hydrogen-bond donors (Lipinski definition) is 2. The highest BCUT2D eigenvalue weighted by Gasteiger charge is 2.24. The van der Waals surface area contributed by atoms with Crippen LogP contribution in [0.4, 0.5) is 19.7 Å². The molecule has 0 spiro atoms. The summed E-state index contributed by atoms with van der Waals surface area (Å²) < 4.78 is 24.7. The number of aliphatic imine (C=N–C) groups is 1.